The van der Waals surface area contributed by atoms with E-state index < -0.39 is 6.10 Å². The lowest BCUT2D eigenvalue weighted by molar-refractivity contribution is -0.117. The minimum absolute atomic E-state index is 0. The van der Waals surface area contributed by atoms with E-state index in [1.807, 2.05) is 35.0 Å². The third-order valence-electron chi connectivity index (χ3n) is 3.34. The van der Waals surface area contributed by atoms with Gasteiger partial charge in [-0.25, -0.2) is 4.98 Å². The molecule has 22 heavy (non-hydrogen) atoms. The Morgan fingerprint density at radius 3 is 2.86 bits per heavy atom. The number of hydrogen-bond donors (Lipinski definition) is 3. The highest BCUT2D eigenvalue weighted by Crippen LogP contribution is 2.16. The first-order valence-corrected chi connectivity index (χ1v) is 6.53. The van der Waals surface area contributed by atoms with Crippen LogP contribution in [0.5, 0.6) is 0 Å². The van der Waals surface area contributed by atoms with Gasteiger partial charge in [0.1, 0.15) is 0 Å². The predicted octanol–water partition coefficient (Wildman–Crippen LogP) is 1.38. The molecule has 3 N–H and O–H groups in total. The van der Waals surface area contributed by atoms with Crippen LogP contribution in [0.25, 0.3) is 5.69 Å². The number of aromatic nitrogens is 2. The second kappa shape index (κ2) is 8.14. The summed E-state index contributed by atoms with van der Waals surface area (Å²) in [6.45, 7) is 0.465. The summed E-state index contributed by atoms with van der Waals surface area (Å²) in [5.41, 5.74) is 1.66. The average molecular weight is 345 g/mol. The number of nitrogens with zero attached hydrogens (tertiary/aromatic N) is 2. The summed E-state index contributed by atoms with van der Waals surface area (Å²) in [5.74, 6) is -0.121. The number of β-amino-alcohol motifs (C(OH)–C–C–N with tert-alkyl or cyclic N) is 1. The topological polar surface area (TPSA) is 79.2 Å². The Bertz CT molecular complexity index is 607. The number of imidazole rings is 1. The van der Waals surface area contributed by atoms with Crippen LogP contribution in [0.3, 0.4) is 0 Å². The fourth-order valence-corrected chi connectivity index (χ4v) is 2.30. The molecule has 1 saturated heterocycles. The van der Waals surface area contributed by atoms with E-state index in [1.165, 1.54) is 0 Å². The van der Waals surface area contributed by atoms with Crippen molar-refractivity contribution in [2.75, 3.05) is 11.9 Å². The van der Waals surface area contributed by atoms with E-state index in [-0.39, 0.29) is 36.8 Å². The zero-order chi connectivity index (χ0) is 13.9. The third kappa shape index (κ3) is 4.20. The Morgan fingerprint density at radius 1 is 1.41 bits per heavy atom. The van der Waals surface area contributed by atoms with Crippen molar-refractivity contribution in [1.82, 2.24) is 14.9 Å². The van der Waals surface area contributed by atoms with Crippen molar-refractivity contribution in [3.63, 3.8) is 0 Å². The number of nitrogens with one attached hydrogen (secondary N) is 2. The van der Waals surface area contributed by atoms with Gasteiger partial charge >= 0.3 is 0 Å². The molecular formula is C14H18Cl2N4O2. The number of carbonyl (C=O) groups excluding carboxylic acids is 1. The number of benzene rings is 1. The molecule has 1 fully saturated rings. The fraction of sp³-hybridized carbons (Fsp3) is 0.286. The second-order valence-corrected chi connectivity index (χ2v) is 4.86. The molecule has 3 rings (SSSR count). The van der Waals surface area contributed by atoms with E-state index >= 15 is 0 Å². The zero-order valence-corrected chi connectivity index (χ0v) is 13.3. The molecule has 0 spiro atoms. The van der Waals surface area contributed by atoms with Crippen LogP contribution < -0.4 is 10.6 Å². The molecule has 1 aliphatic heterocycles. The Balaban J connectivity index is 0.00000121. The molecule has 1 aliphatic rings. The summed E-state index contributed by atoms with van der Waals surface area (Å²) in [7, 11) is 0. The monoisotopic (exact) mass is 344 g/mol. The summed E-state index contributed by atoms with van der Waals surface area (Å²) in [6, 6.07) is 7.20. The normalized spacial score (nSPS) is 19.9. The molecule has 0 aliphatic carbocycles. The number of amides is 1. The third-order valence-corrected chi connectivity index (χ3v) is 3.34. The Kier molecular flexibility index (Phi) is 6.83. The minimum Gasteiger partial charge on any atom is -0.392 e. The van der Waals surface area contributed by atoms with Crippen LogP contribution in [0.1, 0.15) is 6.42 Å². The highest BCUT2D eigenvalue weighted by Gasteiger charge is 2.27. The van der Waals surface area contributed by atoms with Crippen molar-refractivity contribution in [3.05, 3.63) is 43.0 Å². The van der Waals surface area contributed by atoms with E-state index in [0.29, 0.717) is 13.0 Å². The first kappa shape index (κ1) is 18.4. The van der Waals surface area contributed by atoms with Gasteiger partial charge in [-0.2, -0.15) is 0 Å². The van der Waals surface area contributed by atoms with Gasteiger partial charge in [0.2, 0.25) is 5.91 Å². The van der Waals surface area contributed by atoms with Gasteiger partial charge in [-0.3, -0.25) is 4.79 Å². The van der Waals surface area contributed by atoms with Crippen LogP contribution in [0, 0.1) is 0 Å². The molecule has 2 heterocycles. The van der Waals surface area contributed by atoms with Crippen molar-refractivity contribution >= 4 is 36.4 Å². The van der Waals surface area contributed by atoms with Gasteiger partial charge in [0.15, 0.2) is 0 Å². The highest BCUT2D eigenvalue weighted by molar-refractivity contribution is 5.95. The summed E-state index contributed by atoms with van der Waals surface area (Å²) in [5, 5.41) is 15.3. The lowest BCUT2D eigenvalue weighted by Crippen LogP contribution is -2.35. The molecule has 2 unspecified atom stereocenters. The molecule has 0 radical (unpaired) electrons. The number of rotatable bonds is 3. The molecule has 120 valence electrons. The zero-order valence-electron chi connectivity index (χ0n) is 11.7. The summed E-state index contributed by atoms with van der Waals surface area (Å²) in [4.78, 5) is 16.1. The van der Waals surface area contributed by atoms with E-state index in [9.17, 15) is 9.90 Å². The van der Waals surface area contributed by atoms with Crippen molar-refractivity contribution in [1.29, 1.82) is 0 Å². The number of hydrogen-bond acceptors (Lipinski definition) is 4. The van der Waals surface area contributed by atoms with Crippen molar-refractivity contribution in [3.8, 4) is 5.69 Å². The van der Waals surface area contributed by atoms with Gasteiger partial charge in [0.25, 0.3) is 0 Å². The predicted molar refractivity (Wildman–Crippen MR) is 89.1 cm³/mol. The molecule has 8 heteroatoms. The molecule has 6 nitrogen and oxygen atoms in total. The number of aliphatic hydroxyl groups excluding tert-OH is 1. The molecule has 2 aromatic rings. The maximum absolute atomic E-state index is 12.1. The van der Waals surface area contributed by atoms with E-state index in [0.717, 1.165) is 11.4 Å². The van der Waals surface area contributed by atoms with Gasteiger partial charge in [-0.1, -0.05) is 6.07 Å². The van der Waals surface area contributed by atoms with Crippen molar-refractivity contribution in [2.45, 2.75) is 18.6 Å². The maximum Gasteiger partial charge on any atom is 0.241 e. The minimum atomic E-state index is -0.442. The van der Waals surface area contributed by atoms with Crippen molar-refractivity contribution < 1.29 is 9.90 Å². The van der Waals surface area contributed by atoms with Gasteiger partial charge in [-0.05, 0) is 24.6 Å². The molecule has 0 saturated carbocycles. The first-order valence-electron chi connectivity index (χ1n) is 6.53. The number of carbonyl (C=O) groups is 1. The molecular weight excluding hydrogens is 327 g/mol. The van der Waals surface area contributed by atoms with E-state index in [2.05, 4.69) is 15.6 Å². The maximum atomic E-state index is 12.1. The quantitative estimate of drug-likeness (QED) is 0.785. The second-order valence-electron chi connectivity index (χ2n) is 4.86. The van der Waals surface area contributed by atoms with Crippen molar-refractivity contribution in [2.24, 2.45) is 0 Å². The standard InChI is InChI=1S/C14H16N4O2.2ClH/c19-12-7-13(16-8-12)14(20)17-10-2-1-3-11(6-10)18-5-4-15-9-18;;/h1-6,9,12-13,16,19H,7-8H2,(H,17,20);2*1H. The van der Waals surface area contributed by atoms with E-state index in [1.54, 1.807) is 12.5 Å². The van der Waals surface area contributed by atoms with Gasteiger partial charge in [-0.15, -0.1) is 24.8 Å². The van der Waals surface area contributed by atoms with Gasteiger partial charge in [0.05, 0.1) is 18.5 Å². The molecule has 2 atom stereocenters. The van der Waals surface area contributed by atoms with Gasteiger partial charge < -0.3 is 20.3 Å². The van der Waals surface area contributed by atoms with Crippen LogP contribution in [0.4, 0.5) is 5.69 Å². The highest BCUT2D eigenvalue weighted by atomic mass is 35.5. The van der Waals surface area contributed by atoms with Crippen LogP contribution >= 0.6 is 24.8 Å². The number of aliphatic hydroxyl groups is 1. The lowest BCUT2D eigenvalue weighted by Gasteiger charge is -2.12. The number of anilines is 1. The summed E-state index contributed by atoms with van der Waals surface area (Å²) in [6.07, 6.45) is 5.26. The Hall–Kier alpha value is -1.60. The van der Waals surface area contributed by atoms with Crippen LogP contribution in [-0.2, 0) is 4.79 Å². The summed E-state index contributed by atoms with van der Waals surface area (Å²) < 4.78 is 1.87. The van der Waals surface area contributed by atoms with Crippen LogP contribution in [0.15, 0.2) is 43.0 Å². The first-order chi connectivity index (χ1) is 9.72. The van der Waals surface area contributed by atoms with Crippen LogP contribution in [0.2, 0.25) is 0 Å². The van der Waals surface area contributed by atoms with Crippen LogP contribution in [-0.4, -0.2) is 39.3 Å². The Labute approximate surface area is 140 Å². The largest absolute Gasteiger partial charge is 0.392 e. The van der Waals surface area contributed by atoms with Gasteiger partial charge in [0, 0.05) is 30.3 Å². The SMILES string of the molecule is Cl.Cl.O=C(Nc1cccc(-n2ccnc2)c1)C1CC(O)CN1. The molecule has 1 aromatic heterocycles. The average Bonchev–Trinajstić information content (AvgIpc) is 3.10. The smallest absolute Gasteiger partial charge is 0.241 e. The molecule has 0 bridgehead atoms. The Morgan fingerprint density at radius 2 is 2.23 bits per heavy atom. The number of halogens is 2. The van der Waals surface area contributed by atoms with E-state index in [4.69, 9.17) is 0 Å². The fourth-order valence-electron chi connectivity index (χ4n) is 2.30. The molecule has 1 aromatic carbocycles. The summed E-state index contributed by atoms with van der Waals surface area (Å²) >= 11 is 0. The molecule has 1 amide bonds. The lowest BCUT2D eigenvalue weighted by atomic mass is 10.2.